The van der Waals surface area contributed by atoms with E-state index in [0.717, 1.165) is 24.9 Å². The Morgan fingerprint density at radius 2 is 2.04 bits per heavy atom. The molecule has 2 aliphatic heterocycles. The van der Waals surface area contributed by atoms with E-state index < -0.39 is 0 Å². The fourth-order valence-corrected chi connectivity index (χ4v) is 3.74. The van der Waals surface area contributed by atoms with Crippen LogP contribution in [0.25, 0.3) is 11.2 Å². The molecule has 2 aromatic rings. The highest BCUT2D eigenvalue weighted by Gasteiger charge is 2.30. The molecular weight excluding hydrogens is 362 g/mol. The average molecular weight is 387 g/mol. The number of amides is 2. The van der Waals surface area contributed by atoms with Gasteiger partial charge in [-0.2, -0.15) is 0 Å². The summed E-state index contributed by atoms with van der Waals surface area (Å²) in [6.45, 7) is 3.02. The minimum absolute atomic E-state index is 0.0906. The van der Waals surface area contributed by atoms with Crippen LogP contribution >= 0.6 is 0 Å². The topological polar surface area (TPSA) is 89.8 Å². The van der Waals surface area contributed by atoms with Crippen LogP contribution in [-0.2, 0) is 16.5 Å². The van der Waals surface area contributed by atoms with E-state index in [1.807, 2.05) is 16.5 Å². The van der Waals surface area contributed by atoms with Crippen LogP contribution in [0.1, 0.15) is 29.6 Å². The highest BCUT2D eigenvalue weighted by atomic mass is 16.6. The normalized spacial score (nSPS) is 20.4. The molecule has 2 fully saturated rings. The molecular formula is C19H25N5O4. The summed E-state index contributed by atoms with van der Waals surface area (Å²) in [6, 6.07) is 1.65. The number of nitrogens with zero attached hydrogens (tertiary/aromatic N) is 5. The van der Waals surface area contributed by atoms with Crippen LogP contribution in [0.3, 0.4) is 0 Å². The zero-order chi connectivity index (χ0) is 19.5. The summed E-state index contributed by atoms with van der Waals surface area (Å²) in [6.07, 6.45) is 5.72. The number of aromatic nitrogens is 3. The van der Waals surface area contributed by atoms with Crippen molar-refractivity contribution in [2.24, 2.45) is 7.05 Å². The first-order valence-corrected chi connectivity index (χ1v) is 9.71. The molecule has 0 N–H and O–H groups in total. The lowest BCUT2D eigenvalue weighted by atomic mass is 10.0. The Labute approximate surface area is 163 Å². The third kappa shape index (κ3) is 3.80. The summed E-state index contributed by atoms with van der Waals surface area (Å²) < 4.78 is 12.6. The number of fused-ring (bicyclic) bond motifs is 1. The maximum Gasteiger partial charge on any atom is 0.409 e. The minimum Gasteiger partial charge on any atom is -0.447 e. The van der Waals surface area contributed by atoms with Gasteiger partial charge in [0, 0.05) is 32.9 Å². The predicted molar refractivity (Wildman–Crippen MR) is 101 cm³/mol. The van der Waals surface area contributed by atoms with Crippen molar-refractivity contribution < 1.29 is 19.1 Å². The van der Waals surface area contributed by atoms with E-state index in [1.54, 1.807) is 23.5 Å². The predicted octanol–water partition coefficient (Wildman–Crippen LogP) is 1.43. The van der Waals surface area contributed by atoms with Gasteiger partial charge in [-0.05, 0) is 25.3 Å². The van der Waals surface area contributed by atoms with Gasteiger partial charge in [-0.3, -0.25) is 4.79 Å². The van der Waals surface area contributed by atoms with Gasteiger partial charge >= 0.3 is 6.09 Å². The number of carbonyl (C=O) groups excluding carboxylic acids is 2. The first-order valence-electron chi connectivity index (χ1n) is 9.71. The molecule has 4 rings (SSSR count). The molecule has 4 heterocycles. The van der Waals surface area contributed by atoms with Crippen molar-refractivity contribution >= 4 is 23.2 Å². The van der Waals surface area contributed by atoms with E-state index >= 15 is 0 Å². The van der Waals surface area contributed by atoms with E-state index in [2.05, 4.69) is 9.97 Å². The largest absolute Gasteiger partial charge is 0.447 e. The van der Waals surface area contributed by atoms with Crippen LogP contribution in [0.15, 0.2) is 18.6 Å². The van der Waals surface area contributed by atoms with Crippen molar-refractivity contribution in [2.45, 2.75) is 25.3 Å². The van der Waals surface area contributed by atoms with Crippen molar-refractivity contribution in [1.29, 1.82) is 0 Å². The number of ether oxygens (including phenoxy) is 2. The molecule has 150 valence electrons. The van der Waals surface area contributed by atoms with Crippen LogP contribution in [-0.4, -0.2) is 81.8 Å². The summed E-state index contributed by atoms with van der Waals surface area (Å²) >= 11 is 0. The van der Waals surface area contributed by atoms with Gasteiger partial charge in [0.25, 0.3) is 5.91 Å². The Morgan fingerprint density at radius 3 is 2.86 bits per heavy atom. The Morgan fingerprint density at radius 1 is 1.21 bits per heavy atom. The number of likely N-dealkylation sites (tertiary alicyclic amines) is 1. The fourth-order valence-electron chi connectivity index (χ4n) is 3.74. The summed E-state index contributed by atoms with van der Waals surface area (Å²) in [4.78, 5) is 37.5. The van der Waals surface area contributed by atoms with Crippen molar-refractivity contribution in [1.82, 2.24) is 24.3 Å². The molecule has 9 heteroatoms. The molecule has 0 bridgehead atoms. The van der Waals surface area contributed by atoms with Gasteiger partial charge < -0.3 is 23.8 Å². The number of piperidine rings is 1. The van der Waals surface area contributed by atoms with E-state index in [1.165, 1.54) is 0 Å². The van der Waals surface area contributed by atoms with Gasteiger partial charge in [0.05, 0.1) is 31.1 Å². The SMILES string of the molecule is Cn1cnc2cc(C(=O)N3CCCCC3COC(=O)N3CCOCC3)cnc21. The Hall–Kier alpha value is -2.68. The lowest BCUT2D eigenvalue weighted by Crippen LogP contribution is -2.48. The monoisotopic (exact) mass is 387 g/mol. The Bertz CT molecular complexity index is 861. The van der Waals surface area contributed by atoms with Crippen molar-refractivity contribution in [3.05, 3.63) is 24.2 Å². The third-order valence-electron chi connectivity index (χ3n) is 5.35. The number of hydrogen-bond acceptors (Lipinski definition) is 6. The number of morpholine rings is 1. The maximum absolute atomic E-state index is 13.1. The second kappa shape index (κ2) is 8.14. The maximum atomic E-state index is 13.1. The smallest absolute Gasteiger partial charge is 0.409 e. The molecule has 0 spiro atoms. The second-order valence-electron chi connectivity index (χ2n) is 7.25. The second-order valence-corrected chi connectivity index (χ2v) is 7.25. The average Bonchev–Trinajstić information content (AvgIpc) is 3.12. The molecule has 2 amide bonds. The summed E-state index contributed by atoms with van der Waals surface area (Å²) in [5, 5.41) is 0. The highest BCUT2D eigenvalue weighted by molar-refractivity contribution is 5.96. The third-order valence-corrected chi connectivity index (χ3v) is 5.35. The molecule has 0 aromatic carbocycles. The van der Waals surface area contributed by atoms with Crippen molar-refractivity contribution in [3.8, 4) is 0 Å². The molecule has 2 saturated heterocycles. The first kappa shape index (κ1) is 18.7. The summed E-state index contributed by atoms with van der Waals surface area (Å²) in [7, 11) is 1.87. The van der Waals surface area contributed by atoms with Crippen molar-refractivity contribution in [3.63, 3.8) is 0 Å². The summed E-state index contributed by atoms with van der Waals surface area (Å²) in [5.74, 6) is -0.0906. The summed E-state index contributed by atoms with van der Waals surface area (Å²) in [5.41, 5.74) is 1.95. The number of carbonyl (C=O) groups is 2. The molecule has 0 radical (unpaired) electrons. The van der Waals surface area contributed by atoms with E-state index in [0.29, 0.717) is 43.9 Å². The number of pyridine rings is 1. The van der Waals surface area contributed by atoms with Crippen LogP contribution in [0, 0.1) is 0 Å². The Kier molecular flexibility index (Phi) is 5.43. The number of imidazole rings is 1. The Balaban J connectivity index is 1.43. The van der Waals surface area contributed by atoms with E-state index in [9.17, 15) is 9.59 Å². The quantitative estimate of drug-likeness (QED) is 0.792. The van der Waals surface area contributed by atoms with Gasteiger partial charge in [0.15, 0.2) is 5.65 Å². The number of rotatable bonds is 3. The highest BCUT2D eigenvalue weighted by Crippen LogP contribution is 2.21. The molecule has 1 atom stereocenters. The molecule has 1 unspecified atom stereocenters. The molecule has 0 saturated carbocycles. The van der Waals surface area contributed by atoms with Crippen LogP contribution < -0.4 is 0 Å². The first-order chi connectivity index (χ1) is 13.6. The molecule has 28 heavy (non-hydrogen) atoms. The molecule has 2 aliphatic rings. The van der Waals surface area contributed by atoms with E-state index in [4.69, 9.17) is 9.47 Å². The van der Waals surface area contributed by atoms with Crippen LogP contribution in [0.2, 0.25) is 0 Å². The van der Waals surface area contributed by atoms with Gasteiger partial charge in [-0.25, -0.2) is 14.8 Å². The van der Waals surface area contributed by atoms with Gasteiger partial charge in [-0.15, -0.1) is 0 Å². The number of hydrogen-bond donors (Lipinski definition) is 0. The minimum atomic E-state index is -0.335. The standard InChI is InChI=1S/C19H25N5O4/c1-22-13-21-16-10-14(11-20-17(16)22)18(25)24-5-3-2-4-15(24)12-28-19(26)23-6-8-27-9-7-23/h10-11,13,15H,2-9,12H2,1H3. The molecule has 9 nitrogen and oxygen atoms in total. The lowest BCUT2D eigenvalue weighted by molar-refractivity contribution is 0.0130. The van der Waals surface area contributed by atoms with Crippen molar-refractivity contribution in [2.75, 3.05) is 39.5 Å². The fraction of sp³-hybridized carbons (Fsp3) is 0.579. The van der Waals surface area contributed by atoms with E-state index in [-0.39, 0.29) is 24.6 Å². The molecule has 0 aliphatic carbocycles. The van der Waals surface area contributed by atoms with Gasteiger partial charge in [0.1, 0.15) is 12.1 Å². The van der Waals surface area contributed by atoms with Crippen LogP contribution in [0.4, 0.5) is 4.79 Å². The lowest BCUT2D eigenvalue weighted by Gasteiger charge is -2.36. The van der Waals surface area contributed by atoms with Gasteiger partial charge in [0.2, 0.25) is 0 Å². The number of aryl methyl sites for hydroxylation is 1. The zero-order valence-corrected chi connectivity index (χ0v) is 16.0. The molecule has 2 aromatic heterocycles. The van der Waals surface area contributed by atoms with Gasteiger partial charge in [-0.1, -0.05) is 0 Å². The van der Waals surface area contributed by atoms with Crippen LogP contribution in [0.5, 0.6) is 0 Å². The zero-order valence-electron chi connectivity index (χ0n) is 16.0.